The number of amides is 2. The predicted molar refractivity (Wildman–Crippen MR) is 133 cm³/mol. The molecule has 0 fully saturated rings. The van der Waals surface area contributed by atoms with Gasteiger partial charge in [-0.1, -0.05) is 67.6 Å². The Morgan fingerprint density at radius 2 is 1.54 bits per heavy atom. The van der Waals surface area contributed by atoms with Gasteiger partial charge in [0.1, 0.15) is 6.61 Å². The molecule has 1 aliphatic rings. The molecule has 2 amide bonds. The monoisotopic (exact) mass is 472 g/mol. The maximum absolute atomic E-state index is 12.7. The molecule has 3 N–H and O–H groups in total. The third kappa shape index (κ3) is 5.51. The van der Waals surface area contributed by atoms with Crippen LogP contribution in [0, 0.1) is 5.92 Å². The second-order valence-corrected chi connectivity index (χ2v) is 8.81. The van der Waals surface area contributed by atoms with E-state index in [0.717, 1.165) is 22.3 Å². The topological polar surface area (TPSA) is 105 Å². The minimum atomic E-state index is -0.942. The molecule has 180 valence electrons. The van der Waals surface area contributed by atoms with Gasteiger partial charge in [-0.3, -0.25) is 9.59 Å². The van der Waals surface area contributed by atoms with Crippen molar-refractivity contribution in [3.8, 4) is 11.1 Å². The number of ether oxygens (including phenoxy) is 1. The molecule has 7 nitrogen and oxygen atoms in total. The van der Waals surface area contributed by atoms with E-state index in [4.69, 9.17) is 9.84 Å². The van der Waals surface area contributed by atoms with Crippen molar-refractivity contribution in [3.63, 3.8) is 0 Å². The Balaban J connectivity index is 1.32. The van der Waals surface area contributed by atoms with Crippen LogP contribution in [0.25, 0.3) is 11.1 Å². The number of anilines is 1. The van der Waals surface area contributed by atoms with E-state index < -0.39 is 24.0 Å². The number of carboxylic acid groups (broad SMARTS) is 1. The third-order valence-corrected chi connectivity index (χ3v) is 6.40. The van der Waals surface area contributed by atoms with Crippen LogP contribution in [0.3, 0.4) is 0 Å². The van der Waals surface area contributed by atoms with Crippen molar-refractivity contribution in [1.29, 1.82) is 0 Å². The lowest BCUT2D eigenvalue weighted by molar-refractivity contribution is -0.136. The molecule has 0 bridgehead atoms. The van der Waals surface area contributed by atoms with E-state index in [1.807, 2.05) is 24.3 Å². The molecule has 4 rings (SSSR count). The molecule has 0 saturated carbocycles. The van der Waals surface area contributed by atoms with Gasteiger partial charge in [0.2, 0.25) is 5.91 Å². The molecule has 2 unspecified atom stereocenters. The summed E-state index contributed by atoms with van der Waals surface area (Å²) in [5, 5.41) is 14.5. The molecule has 0 spiro atoms. The van der Waals surface area contributed by atoms with Crippen molar-refractivity contribution in [2.24, 2.45) is 5.92 Å². The van der Waals surface area contributed by atoms with Gasteiger partial charge in [-0.2, -0.15) is 0 Å². The summed E-state index contributed by atoms with van der Waals surface area (Å²) >= 11 is 0. The Morgan fingerprint density at radius 3 is 2.17 bits per heavy atom. The van der Waals surface area contributed by atoms with Crippen LogP contribution in [0.4, 0.5) is 10.5 Å². The number of fused-ring (bicyclic) bond motifs is 3. The first kappa shape index (κ1) is 24.0. The average Bonchev–Trinajstić information content (AvgIpc) is 3.15. The third-order valence-electron chi connectivity index (χ3n) is 6.40. The Kier molecular flexibility index (Phi) is 7.15. The molecule has 0 aromatic heterocycles. The summed E-state index contributed by atoms with van der Waals surface area (Å²) in [6.45, 7) is 3.65. The number of benzene rings is 3. The minimum Gasteiger partial charge on any atom is -0.481 e. The number of carbonyl (C=O) groups is 3. The molecule has 0 heterocycles. The lowest BCUT2D eigenvalue weighted by Gasteiger charge is -2.21. The summed E-state index contributed by atoms with van der Waals surface area (Å²) in [6, 6.07) is 22.5. The standard InChI is InChI=1S/C28H28N2O5/c1-17(27(33)30-20-9-7-8-19(14-20)15-26(31)32)18(2)29-28(34)35-16-25-23-12-5-3-10-21(23)22-11-4-6-13-24(22)25/h3-14,17-18,25H,15-16H2,1-2H3,(H,29,34)(H,30,33)(H,31,32). The van der Waals surface area contributed by atoms with Crippen LogP contribution in [0.1, 0.15) is 36.5 Å². The number of hydrogen-bond acceptors (Lipinski definition) is 4. The van der Waals surface area contributed by atoms with Crippen molar-refractivity contribution in [2.75, 3.05) is 11.9 Å². The molecule has 35 heavy (non-hydrogen) atoms. The Morgan fingerprint density at radius 1 is 0.914 bits per heavy atom. The van der Waals surface area contributed by atoms with Crippen LogP contribution >= 0.6 is 0 Å². The molecule has 0 saturated heterocycles. The smallest absolute Gasteiger partial charge is 0.407 e. The second kappa shape index (κ2) is 10.4. The second-order valence-electron chi connectivity index (χ2n) is 8.81. The Labute approximate surface area is 204 Å². The van der Waals surface area contributed by atoms with Crippen LogP contribution in [0.5, 0.6) is 0 Å². The first-order valence-corrected chi connectivity index (χ1v) is 11.6. The van der Waals surface area contributed by atoms with E-state index in [2.05, 4.69) is 34.9 Å². The van der Waals surface area contributed by atoms with E-state index in [-0.39, 0.29) is 24.9 Å². The van der Waals surface area contributed by atoms with Gasteiger partial charge in [0.25, 0.3) is 0 Å². The summed E-state index contributed by atoms with van der Waals surface area (Å²) in [5.41, 5.74) is 5.67. The highest BCUT2D eigenvalue weighted by atomic mass is 16.5. The molecule has 0 aliphatic heterocycles. The highest BCUT2D eigenvalue weighted by molar-refractivity contribution is 5.93. The lowest BCUT2D eigenvalue weighted by Crippen LogP contribution is -2.42. The van der Waals surface area contributed by atoms with Crippen LogP contribution in [0.2, 0.25) is 0 Å². The van der Waals surface area contributed by atoms with Crippen LogP contribution in [0.15, 0.2) is 72.8 Å². The van der Waals surface area contributed by atoms with Gasteiger partial charge in [-0.15, -0.1) is 0 Å². The zero-order chi connectivity index (χ0) is 24.9. The van der Waals surface area contributed by atoms with Crippen molar-refractivity contribution >= 4 is 23.7 Å². The SMILES string of the molecule is CC(NC(=O)OCC1c2ccccc2-c2ccccc21)C(C)C(=O)Nc1cccc(CC(=O)O)c1. The maximum atomic E-state index is 12.7. The maximum Gasteiger partial charge on any atom is 0.407 e. The number of carboxylic acids is 1. The summed E-state index contributed by atoms with van der Waals surface area (Å²) < 4.78 is 5.57. The number of nitrogens with one attached hydrogen (secondary N) is 2. The summed E-state index contributed by atoms with van der Waals surface area (Å²) in [7, 11) is 0. The van der Waals surface area contributed by atoms with E-state index in [1.54, 1.807) is 38.1 Å². The van der Waals surface area contributed by atoms with E-state index in [1.165, 1.54) is 0 Å². The van der Waals surface area contributed by atoms with Crippen molar-refractivity contribution in [1.82, 2.24) is 5.32 Å². The van der Waals surface area contributed by atoms with Crippen molar-refractivity contribution in [3.05, 3.63) is 89.5 Å². The number of carbonyl (C=O) groups excluding carboxylic acids is 2. The Hall–Kier alpha value is -4.13. The summed E-state index contributed by atoms with van der Waals surface area (Å²) in [5.74, 6) is -1.81. The minimum absolute atomic E-state index is 0.0396. The zero-order valence-corrected chi connectivity index (χ0v) is 19.7. The zero-order valence-electron chi connectivity index (χ0n) is 19.7. The highest BCUT2D eigenvalue weighted by Gasteiger charge is 2.29. The number of rotatable bonds is 8. The molecule has 1 aliphatic carbocycles. The molecular formula is C28H28N2O5. The number of alkyl carbamates (subject to hydrolysis) is 1. The largest absolute Gasteiger partial charge is 0.481 e. The molecule has 3 aromatic rings. The van der Waals surface area contributed by atoms with Crippen LogP contribution in [-0.2, 0) is 20.7 Å². The predicted octanol–water partition coefficient (Wildman–Crippen LogP) is 4.82. The molecule has 2 atom stereocenters. The number of aliphatic carboxylic acids is 1. The van der Waals surface area contributed by atoms with Gasteiger partial charge in [0.05, 0.1) is 12.3 Å². The number of hydrogen-bond donors (Lipinski definition) is 3. The van der Waals surface area contributed by atoms with Crippen molar-refractivity contribution in [2.45, 2.75) is 32.2 Å². The van der Waals surface area contributed by atoms with Crippen LogP contribution in [-0.4, -0.2) is 35.7 Å². The molecule has 3 aromatic carbocycles. The normalized spacial score (nSPS) is 13.8. The first-order chi connectivity index (χ1) is 16.8. The van der Waals surface area contributed by atoms with Gasteiger partial charge in [0.15, 0.2) is 0 Å². The van der Waals surface area contributed by atoms with Crippen molar-refractivity contribution < 1.29 is 24.2 Å². The summed E-state index contributed by atoms with van der Waals surface area (Å²) in [6.07, 6.45) is -0.707. The van der Waals surface area contributed by atoms with E-state index >= 15 is 0 Å². The molecule has 7 heteroatoms. The fraction of sp³-hybridized carbons (Fsp3) is 0.250. The van der Waals surface area contributed by atoms with E-state index in [9.17, 15) is 14.4 Å². The first-order valence-electron chi connectivity index (χ1n) is 11.6. The lowest BCUT2D eigenvalue weighted by atomic mass is 9.98. The fourth-order valence-corrected chi connectivity index (χ4v) is 4.37. The van der Waals surface area contributed by atoms with Gasteiger partial charge in [0, 0.05) is 17.6 Å². The Bertz CT molecular complexity index is 1210. The van der Waals surface area contributed by atoms with Gasteiger partial charge < -0.3 is 20.5 Å². The van der Waals surface area contributed by atoms with Crippen LogP contribution < -0.4 is 10.6 Å². The quantitative estimate of drug-likeness (QED) is 0.436. The average molecular weight is 473 g/mol. The van der Waals surface area contributed by atoms with Gasteiger partial charge in [-0.05, 0) is 46.9 Å². The fourth-order valence-electron chi connectivity index (χ4n) is 4.37. The highest BCUT2D eigenvalue weighted by Crippen LogP contribution is 2.44. The molecule has 0 radical (unpaired) electrons. The summed E-state index contributed by atoms with van der Waals surface area (Å²) in [4.78, 5) is 36.2. The molecular weight excluding hydrogens is 444 g/mol. The van der Waals surface area contributed by atoms with Gasteiger partial charge in [-0.25, -0.2) is 4.79 Å². The van der Waals surface area contributed by atoms with Gasteiger partial charge >= 0.3 is 12.1 Å². The van der Waals surface area contributed by atoms with E-state index in [0.29, 0.717) is 11.3 Å².